The summed E-state index contributed by atoms with van der Waals surface area (Å²) in [4.78, 5) is 14.1. The number of hydrogen-bond acceptors (Lipinski definition) is 5. The highest BCUT2D eigenvalue weighted by Gasteiger charge is 2.25. The Balaban J connectivity index is 1.74. The van der Waals surface area contributed by atoms with E-state index in [9.17, 15) is 4.79 Å². The number of hydrogen-bond donors (Lipinski definition) is 2. The summed E-state index contributed by atoms with van der Waals surface area (Å²) in [6.07, 6.45) is 1.74. The smallest absolute Gasteiger partial charge is 0.309 e. The van der Waals surface area contributed by atoms with Crippen molar-refractivity contribution < 1.29 is 9.53 Å². The third kappa shape index (κ3) is 5.01. The van der Waals surface area contributed by atoms with E-state index in [-0.39, 0.29) is 11.9 Å². The highest BCUT2D eigenvalue weighted by Crippen LogP contribution is 2.26. The molecule has 1 aromatic rings. The first kappa shape index (κ1) is 17.9. The van der Waals surface area contributed by atoms with E-state index in [4.69, 9.17) is 22.1 Å². The van der Waals surface area contributed by atoms with Gasteiger partial charge in [-0.25, -0.2) is 0 Å². The molecule has 0 aliphatic carbocycles. The van der Waals surface area contributed by atoms with Crippen LogP contribution >= 0.6 is 11.6 Å². The Labute approximate surface area is 143 Å². The molecule has 128 valence electrons. The van der Waals surface area contributed by atoms with E-state index in [1.165, 1.54) is 0 Å². The van der Waals surface area contributed by atoms with Crippen molar-refractivity contribution in [3.05, 3.63) is 22.7 Å². The number of carbonyl (C=O) groups is 1. The first-order chi connectivity index (χ1) is 11.0. The zero-order valence-electron chi connectivity index (χ0n) is 13.9. The Kier molecular flexibility index (Phi) is 6.54. The minimum atomic E-state index is -0.0488. The number of halogens is 1. The number of nitrogens with zero attached hydrogens (tertiary/aromatic N) is 1. The topological polar surface area (TPSA) is 67.6 Å². The van der Waals surface area contributed by atoms with Gasteiger partial charge in [0.05, 0.1) is 23.9 Å². The lowest BCUT2D eigenvalue weighted by atomic mass is 9.97. The predicted molar refractivity (Wildman–Crippen MR) is 94.9 cm³/mol. The van der Waals surface area contributed by atoms with Crippen molar-refractivity contribution in [1.29, 1.82) is 0 Å². The van der Waals surface area contributed by atoms with Gasteiger partial charge >= 0.3 is 5.97 Å². The number of aryl methyl sites for hydroxylation is 1. The lowest BCUT2D eigenvalue weighted by Crippen LogP contribution is -2.39. The van der Waals surface area contributed by atoms with Crippen molar-refractivity contribution in [1.82, 2.24) is 4.90 Å². The molecule has 0 radical (unpaired) electrons. The molecule has 1 saturated heterocycles. The summed E-state index contributed by atoms with van der Waals surface area (Å²) in [5.74, 6) is 0.0121. The van der Waals surface area contributed by atoms with Crippen LogP contribution in [0.3, 0.4) is 0 Å². The van der Waals surface area contributed by atoms with Crippen LogP contribution in [-0.2, 0) is 9.53 Å². The van der Waals surface area contributed by atoms with Gasteiger partial charge in [0.1, 0.15) is 0 Å². The summed E-state index contributed by atoms with van der Waals surface area (Å²) in [7, 11) is 0. The summed E-state index contributed by atoms with van der Waals surface area (Å²) < 4.78 is 5.09. The third-order valence-electron chi connectivity index (χ3n) is 4.28. The van der Waals surface area contributed by atoms with Crippen LogP contribution in [0.4, 0.5) is 11.4 Å². The summed E-state index contributed by atoms with van der Waals surface area (Å²) in [5, 5.41) is 4.06. The number of nitrogens with two attached hydrogens (primary N) is 1. The number of carbonyl (C=O) groups excluding carboxylic acids is 1. The summed E-state index contributed by atoms with van der Waals surface area (Å²) in [5.41, 5.74) is 8.58. The molecule has 23 heavy (non-hydrogen) atoms. The van der Waals surface area contributed by atoms with Gasteiger partial charge in [-0.2, -0.15) is 0 Å². The van der Waals surface area contributed by atoms with E-state index in [1.807, 2.05) is 26.0 Å². The van der Waals surface area contributed by atoms with E-state index >= 15 is 0 Å². The largest absolute Gasteiger partial charge is 0.466 e. The molecular formula is C17H26ClN3O2. The van der Waals surface area contributed by atoms with Crippen molar-refractivity contribution in [2.24, 2.45) is 5.92 Å². The number of esters is 1. The van der Waals surface area contributed by atoms with Gasteiger partial charge in [0, 0.05) is 18.1 Å². The van der Waals surface area contributed by atoms with Gasteiger partial charge in [0.2, 0.25) is 0 Å². The maximum absolute atomic E-state index is 11.7. The number of nitrogens with one attached hydrogen (secondary N) is 1. The summed E-state index contributed by atoms with van der Waals surface area (Å²) in [6, 6.07) is 3.76. The molecule has 1 fully saturated rings. The Bertz CT molecular complexity index is 543. The summed E-state index contributed by atoms with van der Waals surface area (Å²) >= 11 is 6.14. The molecule has 0 atom stereocenters. The molecule has 3 N–H and O–H groups in total. The Morgan fingerprint density at radius 3 is 2.78 bits per heavy atom. The number of rotatable bonds is 6. The van der Waals surface area contributed by atoms with E-state index in [2.05, 4.69) is 10.2 Å². The monoisotopic (exact) mass is 339 g/mol. The first-order valence-electron chi connectivity index (χ1n) is 8.19. The van der Waals surface area contributed by atoms with Crippen molar-refractivity contribution in [3.8, 4) is 0 Å². The fourth-order valence-electron chi connectivity index (χ4n) is 2.86. The summed E-state index contributed by atoms with van der Waals surface area (Å²) in [6.45, 7) is 7.82. The van der Waals surface area contributed by atoms with Gasteiger partial charge in [-0.1, -0.05) is 11.6 Å². The molecule has 0 saturated carbocycles. The normalized spacial score (nSPS) is 16.3. The van der Waals surface area contributed by atoms with Gasteiger partial charge in [-0.15, -0.1) is 0 Å². The second-order valence-electron chi connectivity index (χ2n) is 5.98. The van der Waals surface area contributed by atoms with E-state index < -0.39 is 0 Å². The van der Waals surface area contributed by atoms with Crippen LogP contribution in [0.2, 0.25) is 5.02 Å². The van der Waals surface area contributed by atoms with Crippen LogP contribution in [0, 0.1) is 12.8 Å². The number of piperidine rings is 1. The SMILES string of the molecule is CCOC(=O)C1CCN(CCNc2cc(Cl)c(C)cc2N)CC1. The molecule has 1 heterocycles. The molecule has 1 aliphatic heterocycles. The number of benzene rings is 1. The van der Waals surface area contributed by atoms with Gasteiger partial charge in [-0.05, 0) is 57.5 Å². The molecular weight excluding hydrogens is 314 g/mol. The minimum Gasteiger partial charge on any atom is -0.466 e. The van der Waals surface area contributed by atoms with Crippen LogP contribution in [-0.4, -0.2) is 43.7 Å². The van der Waals surface area contributed by atoms with Crippen LogP contribution < -0.4 is 11.1 Å². The predicted octanol–water partition coefficient (Wildman–Crippen LogP) is 2.92. The average Bonchev–Trinajstić information content (AvgIpc) is 2.53. The zero-order chi connectivity index (χ0) is 16.8. The first-order valence-corrected chi connectivity index (χ1v) is 8.57. The molecule has 0 bridgehead atoms. The fourth-order valence-corrected chi connectivity index (χ4v) is 3.02. The Morgan fingerprint density at radius 2 is 2.13 bits per heavy atom. The number of anilines is 2. The van der Waals surface area contributed by atoms with Gasteiger partial charge in [0.25, 0.3) is 0 Å². The van der Waals surface area contributed by atoms with Crippen molar-refractivity contribution >= 4 is 28.9 Å². The average molecular weight is 340 g/mol. The maximum Gasteiger partial charge on any atom is 0.309 e. The Morgan fingerprint density at radius 1 is 1.43 bits per heavy atom. The molecule has 0 unspecified atom stereocenters. The molecule has 1 aromatic carbocycles. The number of likely N-dealkylation sites (tertiary alicyclic amines) is 1. The lowest BCUT2D eigenvalue weighted by Gasteiger charge is -2.30. The van der Waals surface area contributed by atoms with Gasteiger partial charge < -0.3 is 20.7 Å². The molecule has 2 rings (SSSR count). The maximum atomic E-state index is 11.7. The molecule has 0 spiro atoms. The van der Waals surface area contributed by atoms with E-state index in [1.54, 1.807) is 0 Å². The lowest BCUT2D eigenvalue weighted by molar-refractivity contribution is -0.149. The highest BCUT2D eigenvalue weighted by atomic mass is 35.5. The second kappa shape index (κ2) is 8.41. The third-order valence-corrected chi connectivity index (χ3v) is 4.69. The van der Waals surface area contributed by atoms with Crippen molar-refractivity contribution in [2.75, 3.05) is 43.8 Å². The standard InChI is InChI=1S/C17H26ClN3O2/c1-3-23-17(22)13-4-7-21(8-5-13)9-6-20-16-11-14(18)12(2)10-15(16)19/h10-11,13,20H,3-9,19H2,1-2H3. The van der Waals surface area contributed by atoms with E-state index in [0.717, 1.165) is 55.3 Å². The van der Waals surface area contributed by atoms with Crippen LogP contribution in [0.15, 0.2) is 12.1 Å². The fraction of sp³-hybridized carbons (Fsp3) is 0.588. The van der Waals surface area contributed by atoms with Crippen molar-refractivity contribution in [3.63, 3.8) is 0 Å². The number of ether oxygens (including phenoxy) is 1. The molecule has 6 heteroatoms. The molecule has 1 aliphatic rings. The van der Waals surface area contributed by atoms with Gasteiger partial charge in [0.15, 0.2) is 0 Å². The Hall–Kier alpha value is -1.46. The molecule has 0 aromatic heterocycles. The second-order valence-corrected chi connectivity index (χ2v) is 6.39. The van der Waals surface area contributed by atoms with Crippen LogP contribution in [0.5, 0.6) is 0 Å². The van der Waals surface area contributed by atoms with Crippen molar-refractivity contribution in [2.45, 2.75) is 26.7 Å². The van der Waals surface area contributed by atoms with Gasteiger partial charge in [-0.3, -0.25) is 4.79 Å². The van der Waals surface area contributed by atoms with Crippen LogP contribution in [0.1, 0.15) is 25.3 Å². The molecule has 0 amide bonds. The van der Waals surface area contributed by atoms with E-state index in [0.29, 0.717) is 12.3 Å². The molecule has 5 nitrogen and oxygen atoms in total. The quantitative estimate of drug-likeness (QED) is 0.616. The number of nitrogen functional groups attached to an aromatic ring is 1. The highest BCUT2D eigenvalue weighted by molar-refractivity contribution is 6.31. The minimum absolute atomic E-state index is 0.0488. The zero-order valence-corrected chi connectivity index (χ0v) is 14.7. The van der Waals surface area contributed by atoms with Crippen LogP contribution in [0.25, 0.3) is 0 Å².